The van der Waals surface area contributed by atoms with Gasteiger partial charge < -0.3 is 20.7 Å². The maximum Gasteiger partial charge on any atom is 0.229 e. The number of anilines is 3. The van der Waals surface area contributed by atoms with Gasteiger partial charge in [0.15, 0.2) is 17.4 Å². The van der Waals surface area contributed by atoms with Crippen LogP contribution < -0.4 is 20.7 Å². The van der Waals surface area contributed by atoms with Crippen molar-refractivity contribution in [2.75, 3.05) is 43.9 Å². The molecule has 0 spiro atoms. The third-order valence-corrected chi connectivity index (χ3v) is 9.46. The lowest BCUT2D eigenvalue weighted by atomic mass is 9.40. The van der Waals surface area contributed by atoms with Crippen molar-refractivity contribution in [1.29, 1.82) is 0 Å². The number of nitrogens with zero attached hydrogens (tertiary/aromatic N) is 3. The van der Waals surface area contributed by atoms with Crippen LogP contribution in [-0.2, 0) is 4.79 Å². The van der Waals surface area contributed by atoms with Crippen LogP contribution in [0.3, 0.4) is 0 Å². The molecule has 10 heteroatoms. The third-order valence-electron chi connectivity index (χ3n) is 9.19. The van der Waals surface area contributed by atoms with E-state index in [1.165, 1.54) is 25.1 Å². The summed E-state index contributed by atoms with van der Waals surface area (Å²) in [6, 6.07) is 4.72. The predicted molar refractivity (Wildman–Crippen MR) is 147 cm³/mol. The minimum absolute atomic E-state index is 0.0203. The van der Waals surface area contributed by atoms with Crippen LogP contribution in [0.2, 0.25) is 5.02 Å². The lowest BCUT2D eigenvalue weighted by Crippen LogP contribution is -2.69. The highest BCUT2D eigenvalue weighted by Gasteiger charge is 2.64. The highest BCUT2D eigenvalue weighted by Crippen LogP contribution is 2.65. The van der Waals surface area contributed by atoms with Crippen LogP contribution in [0.15, 0.2) is 24.4 Å². The van der Waals surface area contributed by atoms with E-state index >= 15 is 0 Å². The Morgan fingerprint density at radius 1 is 1.24 bits per heavy atom. The number of carbonyl (C=O) groups excluding carboxylic acids is 1. The summed E-state index contributed by atoms with van der Waals surface area (Å²) in [6.07, 6.45) is 5.81. The standard InChI is InChI=1S/C28H38ClFN6O2/c1-27(2)17-13-19(25(37)31-4)28(3,23(27)14-17)35-24-20(29)16-32-26(34-24)33-18-7-8-22(21(30)15-18)38-12-11-36-9-5-6-10-36/h7-8,15-17,19,23H,5-6,9-14H2,1-4H3,(H,31,37)(H2,32,33,34,35)/t17-,19+,23+,28-/m0/s1. The number of nitrogens with one attached hydrogen (secondary N) is 3. The molecule has 8 nitrogen and oxygen atoms in total. The zero-order valence-corrected chi connectivity index (χ0v) is 23.4. The Bertz CT molecular complexity index is 1190. The van der Waals surface area contributed by atoms with E-state index in [1.54, 1.807) is 19.2 Å². The fourth-order valence-electron chi connectivity index (χ4n) is 6.82. The fraction of sp³-hybridized carbons (Fsp3) is 0.607. The summed E-state index contributed by atoms with van der Waals surface area (Å²) >= 11 is 6.52. The van der Waals surface area contributed by atoms with Crippen molar-refractivity contribution in [3.63, 3.8) is 0 Å². The number of carbonyl (C=O) groups is 1. The van der Waals surface area contributed by atoms with Gasteiger partial charge in [0.25, 0.3) is 0 Å². The van der Waals surface area contributed by atoms with Crippen molar-refractivity contribution >= 4 is 35.0 Å². The van der Waals surface area contributed by atoms with Gasteiger partial charge in [0, 0.05) is 25.3 Å². The minimum Gasteiger partial charge on any atom is -0.489 e. The van der Waals surface area contributed by atoms with Crippen molar-refractivity contribution in [1.82, 2.24) is 20.2 Å². The molecule has 206 valence electrons. The van der Waals surface area contributed by atoms with Gasteiger partial charge in [-0.2, -0.15) is 4.98 Å². The van der Waals surface area contributed by atoms with Gasteiger partial charge >= 0.3 is 0 Å². The van der Waals surface area contributed by atoms with E-state index in [1.807, 2.05) is 0 Å². The number of hydrogen-bond donors (Lipinski definition) is 3. The summed E-state index contributed by atoms with van der Waals surface area (Å²) in [4.78, 5) is 24.1. The largest absolute Gasteiger partial charge is 0.489 e. The quantitative estimate of drug-likeness (QED) is 0.405. The van der Waals surface area contributed by atoms with Gasteiger partial charge in [0.1, 0.15) is 11.6 Å². The lowest BCUT2D eigenvalue weighted by Gasteiger charge is -2.66. The second-order valence-corrected chi connectivity index (χ2v) is 12.1. The number of amides is 1. The van der Waals surface area contributed by atoms with Crippen LogP contribution >= 0.6 is 11.6 Å². The Balaban J connectivity index is 1.29. The van der Waals surface area contributed by atoms with E-state index in [2.05, 4.69) is 51.6 Å². The number of fused-ring (bicyclic) bond motifs is 2. The van der Waals surface area contributed by atoms with Gasteiger partial charge in [-0.1, -0.05) is 25.4 Å². The second kappa shape index (κ2) is 10.5. The first-order chi connectivity index (χ1) is 18.1. The summed E-state index contributed by atoms with van der Waals surface area (Å²) in [7, 11) is 1.68. The molecule has 0 unspecified atom stereocenters. The molecule has 2 bridgehead atoms. The van der Waals surface area contributed by atoms with Crippen molar-refractivity contribution in [2.24, 2.45) is 23.2 Å². The van der Waals surface area contributed by atoms with Gasteiger partial charge in [-0.3, -0.25) is 9.69 Å². The Labute approximate surface area is 229 Å². The van der Waals surface area contributed by atoms with E-state index in [9.17, 15) is 9.18 Å². The van der Waals surface area contributed by atoms with E-state index in [4.69, 9.17) is 16.3 Å². The van der Waals surface area contributed by atoms with Gasteiger partial charge in [0.05, 0.1) is 17.7 Å². The molecule has 2 aromatic rings. The number of likely N-dealkylation sites (tertiary alicyclic amines) is 1. The number of ether oxygens (including phenoxy) is 1. The third kappa shape index (κ3) is 5.02. The average Bonchev–Trinajstić information content (AvgIpc) is 3.40. The molecule has 3 aliphatic carbocycles. The Hall–Kier alpha value is -2.65. The lowest BCUT2D eigenvalue weighted by molar-refractivity contribution is -0.155. The number of halogens is 2. The molecule has 1 amide bonds. The average molecular weight is 545 g/mol. The summed E-state index contributed by atoms with van der Waals surface area (Å²) < 4.78 is 20.4. The first-order valence-corrected chi connectivity index (χ1v) is 13.9. The smallest absolute Gasteiger partial charge is 0.229 e. The molecule has 1 saturated heterocycles. The molecule has 0 radical (unpaired) electrons. The molecule has 1 aromatic carbocycles. The predicted octanol–water partition coefficient (Wildman–Crippen LogP) is 5.09. The van der Waals surface area contributed by atoms with Gasteiger partial charge in [0.2, 0.25) is 11.9 Å². The normalized spacial score (nSPS) is 27.9. The van der Waals surface area contributed by atoms with Crippen molar-refractivity contribution in [2.45, 2.75) is 52.0 Å². The van der Waals surface area contributed by atoms with Crippen LogP contribution in [0.4, 0.5) is 21.8 Å². The number of hydrogen-bond acceptors (Lipinski definition) is 7. The monoisotopic (exact) mass is 544 g/mol. The molecule has 4 atom stereocenters. The summed E-state index contributed by atoms with van der Waals surface area (Å²) in [5, 5.41) is 9.81. The summed E-state index contributed by atoms with van der Waals surface area (Å²) in [5.41, 5.74) is 0.0777. The molecule has 4 aliphatic rings. The zero-order valence-electron chi connectivity index (χ0n) is 22.6. The zero-order chi connectivity index (χ0) is 27.1. The van der Waals surface area contributed by atoms with Crippen LogP contribution in [-0.4, -0.2) is 59.6 Å². The summed E-state index contributed by atoms with van der Waals surface area (Å²) in [6.45, 7) is 10.1. The number of benzene rings is 1. The molecule has 3 N–H and O–H groups in total. The topological polar surface area (TPSA) is 91.4 Å². The van der Waals surface area contributed by atoms with Crippen LogP contribution in [0.25, 0.3) is 0 Å². The van der Waals surface area contributed by atoms with Crippen molar-refractivity contribution in [3.8, 4) is 5.75 Å². The Morgan fingerprint density at radius 2 is 2.00 bits per heavy atom. The molecule has 6 rings (SSSR count). The minimum atomic E-state index is -0.534. The van der Waals surface area contributed by atoms with Crippen molar-refractivity contribution in [3.05, 3.63) is 35.2 Å². The van der Waals surface area contributed by atoms with E-state index < -0.39 is 11.4 Å². The van der Waals surface area contributed by atoms with E-state index in [0.29, 0.717) is 29.1 Å². The molecular weight excluding hydrogens is 507 g/mol. The fourth-order valence-corrected chi connectivity index (χ4v) is 6.96. The van der Waals surface area contributed by atoms with Gasteiger partial charge in [-0.15, -0.1) is 0 Å². The number of aromatic nitrogens is 2. The SMILES string of the molecule is CNC(=O)[C@H]1C[C@H]2C[C@H](C2(C)C)[C@@]1(C)Nc1nc(Nc2ccc(OCCN3CCCC3)c(F)c2)ncc1Cl. The second-order valence-electron chi connectivity index (χ2n) is 11.7. The molecule has 2 heterocycles. The first kappa shape index (κ1) is 26.9. The maximum absolute atomic E-state index is 14.7. The molecule has 1 aliphatic heterocycles. The van der Waals surface area contributed by atoms with Crippen LogP contribution in [0.1, 0.15) is 46.5 Å². The van der Waals surface area contributed by atoms with Crippen LogP contribution in [0, 0.1) is 29.0 Å². The molecule has 4 fully saturated rings. The van der Waals surface area contributed by atoms with Gasteiger partial charge in [-0.25, -0.2) is 9.37 Å². The van der Waals surface area contributed by atoms with E-state index in [-0.39, 0.29) is 34.9 Å². The Morgan fingerprint density at radius 3 is 2.68 bits per heavy atom. The molecule has 1 aromatic heterocycles. The highest BCUT2D eigenvalue weighted by atomic mass is 35.5. The highest BCUT2D eigenvalue weighted by molar-refractivity contribution is 6.32. The van der Waals surface area contributed by atoms with Gasteiger partial charge in [-0.05, 0) is 75.1 Å². The first-order valence-electron chi connectivity index (χ1n) is 13.6. The molecule has 3 saturated carbocycles. The number of rotatable bonds is 9. The molecule has 38 heavy (non-hydrogen) atoms. The van der Waals surface area contributed by atoms with E-state index in [0.717, 1.165) is 32.5 Å². The Kier molecular flexibility index (Phi) is 7.44. The van der Waals surface area contributed by atoms with Crippen LogP contribution in [0.5, 0.6) is 5.75 Å². The molecular formula is C28H38ClFN6O2. The maximum atomic E-state index is 14.7. The summed E-state index contributed by atoms with van der Waals surface area (Å²) in [5.74, 6) is 1.11. The van der Waals surface area contributed by atoms with Crippen molar-refractivity contribution < 1.29 is 13.9 Å².